The van der Waals surface area contributed by atoms with Crippen molar-refractivity contribution in [2.75, 3.05) is 0 Å². The summed E-state index contributed by atoms with van der Waals surface area (Å²) in [5.74, 6) is 0.261. The molecule has 0 saturated carbocycles. The third kappa shape index (κ3) is 4.13. The van der Waals surface area contributed by atoms with Crippen molar-refractivity contribution in [1.29, 1.82) is 0 Å². The lowest BCUT2D eigenvalue weighted by molar-refractivity contribution is 0.454. The molecule has 0 saturated heterocycles. The molecular formula is C24H27NO2. The minimum absolute atomic E-state index is 0.124. The van der Waals surface area contributed by atoms with Gasteiger partial charge in [-0.05, 0) is 61.6 Å². The number of rotatable bonds is 6. The van der Waals surface area contributed by atoms with Gasteiger partial charge in [0.1, 0.15) is 11.5 Å². The Morgan fingerprint density at radius 3 is 2.37 bits per heavy atom. The number of nitrogens with zero attached hydrogens (tertiary/aromatic N) is 1. The number of phenolic OH excluding ortho intramolecular Hbond substituents is 2. The zero-order chi connectivity index (χ0) is 19.4. The molecule has 0 aliphatic rings. The number of hydrogen-bond acceptors (Lipinski definition) is 3. The number of aromatic nitrogens is 1. The predicted octanol–water partition coefficient (Wildman–Crippen LogP) is 6.18. The molecule has 3 heteroatoms. The van der Waals surface area contributed by atoms with Gasteiger partial charge in [-0.1, -0.05) is 49.6 Å². The second kappa shape index (κ2) is 8.26. The Morgan fingerprint density at radius 2 is 1.67 bits per heavy atom. The Balaban J connectivity index is 2.21. The third-order valence-electron chi connectivity index (χ3n) is 4.90. The van der Waals surface area contributed by atoms with Crippen LogP contribution >= 0.6 is 0 Å². The Labute approximate surface area is 161 Å². The maximum absolute atomic E-state index is 11.2. The van der Waals surface area contributed by atoms with Gasteiger partial charge in [0, 0.05) is 17.5 Å². The second-order valence-corrected chi connectivity index (χ2v) is 7.17. The molecule has 0 atom stereocenters. The summed E-state index contributed by atoms with van der Waals surface area (Å²) >= 11 is 0. The van der Waals surface area contributed by atoms with Crippen LogP contribution in [0.15, 0.2) is 48.7 Å². The molecule has 0 aliphatic heterocycles. The summed E-state index contributed by atoms with van der Waals surface area (Å²) in [6.07, 6.45) is 5.86. The van der Waals surface area contributed by atoms with E-state index in [9.17, 15) is 10.2 Å². The van der Waals surface area contributed by atoms with E-state index in [1.165, 1.54) is 0 Å². The molecule has 0 bridgehead atoms. The number of hydrogen-bond donors (Lipinski definition) is 2. The van der Waals surface area contributed by atoms with Crippen molar-refractivity contribution in [3.05, 3.63) is 65.5 Å². The van der Waals surface area contributed by atoms with Gasteiger partial charge in [-0.25, -0.2) is 0 Å². The first-order valence-corrected chi connectivity index (χ1v) is 9.59. The van der Waals surface area contributed by atoms with Crippen molar-refractivity contribution in [2.24, 2.45) is 0 Å². The highest BCUT2D eigenvalue weighted by molar-refractivity contribution is 5.88. The zero-order valence-electron chi connectivity index (χ0n) is 16.3. The molecule has 0 radical (unpaired) electrons. The minimum Gasteiger partial charge on any atom is -0.507 e. The highest BCUT2D eigenvalue weighted by Crippen LogP contribution is 2.46. The fourth-order valence-electron chi connectivity index (χ4n) is 3.58. The average molecular weight is 361 g/mol. The van der Waals surface area contributed by atoms with Crippen LogP contribution in [0.1, 0.15) is 43.0 Å². The summed E-state index contributed by atoms with van der Waals surface area (Å²) < 4.78 is 0. The van der Waals surface area contributed by atoms with Gasteiger partial charge in [-0.15, -0.1) is 0 Å². The van der Waals surface area contributed by atoms with Gasteiger partial charge in [0.05, 0.1) is 5.56 Å². The van der Waals surface area contributed by atoms with Crippen LogP contribution in [0.2, 0.25) is 0 Å². The Morgan fingerprint density at radius 1 is 0.889 bits per heavy atom. The summed E-state index contributed by atoms with van der Waals surface area (Å²) in [6, 6.07) is 13.6. The molecule has 1 heterocycles. The van der Waals surface area contributed by atoms with E-state index in [4.69, 9.17) is 0 Å². The number of aromatic hydroxyl groups is 2. The molecule has 0 amide bonds. The van der Waals surface area contributed by atoms with E-state index in [1.54, 1.807) is 6.20 Å². The van der Waals surface area contributed by atoms with E-state index >= 15 is 0 Å². The van der Waals surface area contributed by atoms with E-state index in [0.717, 1.165) is 59.2 Å². The van der Waals surface area contributed by atoms with Crippen LogP contribution in [-0.2, 0) is 6.42 Å². The topological polar surface area (TPSA) is 53.4 Å². The van der Waals surface area contributed by atoms with Gasteiger partial charge in [0.25, 0.3) is 0 Å². The molecule has 0 aliphatic carbocycles. The first-order valence-electron chi connectivity index (χ1n) is 9.59. The summed E-state index contributed by atoms with van der Waals surface area (Å²) in [6.45, 7) is 6.12. The minimum atomic E-state index is 0.124. The smallest absolute Gasteiger partial charge is 0.135 e. The summed E-state index contributed by atoms with van der Waals surface area (Å²) in [5.41, 5.74) is 5.99. The van der Waals surface area contributed by atoms with E-state index in [1.807, 2.05) is 56.3 Å². The molecule has 2 N–H and O–H groups in total. The zero-order valence-corrected chi connectivity index (χ0v) is 16.3. The van der Waals surface area contributed by atoms with Gasteiger partial charge < -0.3 is 10.2 Å². The normalized spacial score (nSPS) is 10.9. The predicted molar refractivity (Wildman–Crippen MR) is 111 cm³/mol. The summed E-state index contributed by atoms with van der Waals surface area (Å²) in [5, 5.41) is 21.9. The van der Waals surface area contributed by atoms with E-state index < -0.39 is 0 Å². The quantitative estimate of drug-likeness (QED) is 0.516. The van der Waals surface area contributed by atoms with E-state index in [2.05, 4.69) is 11.9 Å². The lowest BCUT2D eigenvalue weighted by Gasteiger charge is -2.18. The van der Waals surface area contributed by atoms with Crippen molar-refractivity contribution in [1.82, 2.24) is 4.98 Å². The van der Waals surface area contributed by atoms with Gasteiger partial charge in [0.2, 0.25) is 0 Å². The number of phenols is 2. The molecule has 140 valence electrons. The van der Waals surface area contributed by atoms with Crippen LogP contribution in [0, 0.1) is 13.8 Å². The van der Waals surface area contributed by atoms with Gasteiger partial charge in [-0.2, -0.15) is 0 Å². The third-order valence-corrected chi connectivity index (χ3v) is 4.90. The van der Waals surface area contributed by atoms with Crippen molar-refractivity contribution in [2.45, 2.75) is 46.5 Å². The molecule has 3 rings (SSSR count). The molecule has 3 aromatic rings. The van der Waals surface area contributed by atoms with Crippen LogP contribution in [0.5, 0.6) is 11.5 Å². The SMILES string of the molecule is CCCCCc1cc(O)c(-c2cccc(C)c2)c(O)c1-c1ccnc(C)c1. The van der Waals surface area contributed by atoms with Crippen molar-refractivity contribution in [3.8, 4) is 33.8 Å². The largest absolute Gasteiger partial charge is 0.507 e. The molecule has 0 spiro atoms. The molecule has 27 heavy (non-hydrogen) atoms. The summed E-state index contributed by atoms with van der Waals surface area (Å²) in [7, 11) is 0. The highest BCUT2D eigenvalue weighted by atomic mass is 16.3. The van der Waals surface area contributed by atoms with Crippen LogP contribution in [0.3, 0.4) is 0 Å². The van der Waals surface area contributed by atoms with E-state index in [0.29, 0.717) is 5.56 Å². The van der Waals surface area contributed by atoms with Crippen LogP contribution in [0.4, 0.5) is 0 Å². The standard InChI is InChI=1S/C24H27NO2/c1-4-5-6-9-19-15-21(26)23(18-10-7-8-16(2)13-18)24(27)22(19)20-11-12-25-17(3)14-20/h7-8,10-15,26-27H,4-6,9H2,1-3H3. The van der Waals surface area contributed by atoms with Crippen LogP contribution in [0.25, 0.3) is 22.3 Å². The number of benzene rings is 2. The molecule has 0 fully saturated rings. The lowest BCUT2D eigenvalue weighted by Crippen LogP contribution is -1.96. The lowest BCUT2D eigenvalue weighted by atomic mass is 9.89. The molecule has 1 aromatic heterocycles. The maximum Gasteiger partial charge on any atom is 0.135 e. The fourth-order valence-corrected chi connectivity index (χ4v) is 3.58. The van der Waals surface area contributed by atoms with Crippen molar-refractivity contribution < 1.29 is 10.2 Å². The van der Waals surface area contributed by atoms with Gasteiger partial charge in [-0.3, -0.25) is 4.98 Å². The Bertz CT molecular complexity index is 947. The van der Waals surface area contributed by atoms with Crippen molar-refractivity contribution >= 4 is 0 Å². The Hall–Kier alpha value is -2.81. The van der Waals surface area contributed by atoms with Crippen LogP contribution in [-0.4, -0.2) is 15.2 Å². The first kappa shape index (κ1) is 19.0. The second-order valence-electron chi connectivity index (χ2n) is 7.17. The van der Waals surface area contributed by atoms with Gasteiger partial charge >= 0.3 is 0 Å². The number of unbranched alkanes of at least 4 members (excludes halogenated alkanes) is 2. The van der Waals surface area contributed by atoms with Gasteiger partial charge in [0.15, 0.2) is 0 Å². The number of aryl methyl sites for hydroxylation is 3. The average Bonchev–Trinajstić information content (AvgIpc) is 2.62. The summed E-state index contributed by atoms with van der Waals surface area (Å²) in [4.78, 5) is 4.28. The maximum atomic E-state index is 11.2. The van der Waals surface area contributed by atoms with Crippen molar-refractivity contribution in [3.63, 3.8) is 0 Å². The fraction of sp³-hybridized carbons (Fsp3) is 0.292. The first-order chi connectivity index (χ1) is 13.0. The monoisotopic (exact) mass is 361 g/mol. The van der Waals surface area contributed by atoms with E-state index in [-0.39, 0.29) is 11.5 Å². The molecular weight excluding hydrogens is 334 g/mol. The number of pyridine rings is 1. The molecule has 3 nitrogen and oxygen atoms in total. The highest BCUT2D eigenvalue weighted by Gasteiger charge is 2.20. The molecule has 0 unspecified atom stereocenters. The Kier molecular flexibility index (Phi) is 5.80. The van der Waals surface area contributed by atoms with Crippen LogP contribution < -0.4 is 0 Å². The molecule has 2 aromatic carbocycles.